The molecule has 2 atom stereocenters. The summed E-state index contributed by atoms with van der Waals surface area (Å²) in [6.45, 7) is 12.4. The molecule has 0 radical (unpaired) electrons. The van der Waals surface area contributed by atoms with Crippen LogP contribution in [0.25, 0.3) is 10.2 Å². The molecule has 0 bridgehead atoms. The van der Waals surface area contributed by atoms with Gasteiger partial charge in [0.2, 0.25) is 10.0 Å². The SMILES string of the molecule is CCc1cccc2sc(N3CCN(CCNC(=O)c4ccc(S(=O)(=O)N5CC(C)CC(C)C5)cc4)CC3)nc12. The van der Waals surface area contributed by atoms with Crippen molar-refractivity contribution in [3.05, 3.63) is 53.6 Å². The minimum atomic E-state index is -3.55. The lowest BCUT2D eigenvalue weighted by Crippen LogP contribution is -2.48. The van der Waals surface area contributed by atoms with Crippen molar-refractivity contribution in [3.63, 3.8) is 0 Å². The molecule has 10 heteroatoms. The zero-order chi connectivity index (χ0) is 27.6. The van der Waals surface area contributed by atoms with Crippen LogP contribution in [0.4, 0.5) is 5.13 Å². The summed E-state index contributed by atoms with van der Waals surface area (Å²) < 4.78 is 29.0. The van der Waals surface area contributed by atoms with Crippen molar-refractivity contribution in [1.82, 2.24) is 19.5 Å². The van der Waals surface area contributed by atoms with Gasteiger partial charge in [-0.3, -0.25) is 9.69 Å². The van der Waals surface area contributed by atoms with Crippen LogP contribution in [0.1, 0.15) is 43.1 Å². The van der Waals surface area contributed by atoms with Crippen LogP contribution in [0.2, 0.25) is 0 Å². The van der Waals surface area contributed by atoms with Gasteiger partial charge in [0.05, 0.1) is 15.1 Å². The maximum absolute atomic E-state index is 13.1. The minimum Gasteiger partial charge on any atom is -0.351 e. The molecule has 1 aromatic heterocycles. The molecule has 0 spiro atoms. The molecule has 1 N–H and O–H groups in total. The molecular weight excluding hydrogens is 530 g/mol. The van der Waals surface area contributed by atoms with Gasteiger partial charge in [0.25, 0.3) is 5.91 Å². The highest BCUT2D eigenvalue weighted by Gasteiger charge is 2.31. The second-order valence-corrected chi connectivity index (χ2v) is 13.9. The molecule has 0 saturated carbocycles. The first kappa shape index (κ1) is 28.0. The summed E-state index contributed by atoms with van der Waals surface area (Å²) in [5.41, 5.74) is 2.90. The van der Waals surface area contributed by atoms with Gasteiger partial charge in [-0.15, -0.1) is 0 Å². The lowest BCUT2D eigenvalue weighted by molar-refractivity contribution is 0.0947. The molecule has 2 saturated heterocycles. The fraction of sp³-hybridized carbons (Fsp3) is 0.517. The molecule has 0 aliphatic carbocycles. The summed E-state index contributed by atoms with van der Waals surface area (Å²) >= 11 is 1.76. The van der Waals surface area contributed by atoms with E-state index in [9.17, 15) is 13.2 Å². The standard InChI is InChI=1S/C29H39N5O3S2/c1-4-23-6-5-7-26-27(23)31-29(38-26)33-16-14-32(15-17-33)13-12-30-28(35)24-8-10-25(11-9-24)39(36,37)34-19-21(2)18-22(3)20-34/h5-11,21-22H,4,12-20H2,1-3H3,(H,30,35). The van der Waals surface area contributed by atoms with Crippen LogP contribution in [0.15, 0.2) is 47.4 Å². The van der Waals surface area contributed by atoms with Gasteiger partial charge >= 0.3 is 0 Å². The number of hydrogen-bond donors (Lipinski definition) is 1. The summed E-state index contributed by atoms with van der Waals surface area (Å²) in [6, 6.07) is 12.8. The average Bonchev–Trinajstić information content (AvgIpc) is 3.37. The number of nitrogens with zero attached hydrogens (tertiary/aromatic N) is 4. The van der Waals surface area contributed by atoms with Gasteiger partial charge in [-0.1, -0.05) is 44.2 Å². The molecule has 3 heterocycles. The summed E-state index contributed by atoms with van der Waals surface area (Å²) in [4.78, 5) is 22.6. The Labute approximate surface area is 236 Å². The highest BCUT2D eigenvalue weighted by molar-refractivity contribution is 7.89. The number of piperazine rings is 1. The number of para-hydroxylation sites is 1. The second kappa shape index (κ2) is 11.9. The largest absolute Gasteiger partial charge is 0.351 e. The molecule has 2 fully saturated rings. The van der Waals surface area contributed by atoms with Crippen LogP contribution < -0.4 is 10.2 Å². The number of amides is 1. The first-order valence-corrected chi connectivity index (χ1v) is 16.2. The normalized spacial score (nSPS) is 21.4. The van der Waals surface area contributed by atoms with Crippen molar-refractivity contribution < 1.29 is 13.2 Å². The Morgan fingerprint density at radius 1 is 1.03 bits per heavy atom. The van der Waals surface area contributed by atoms with Crippen molar-refractivity contribution in [2.75, 3.05) is 57.3 Å². The number of nitrogens with one attached hydrogen (secondary N) is 1. The Kier molecular flexibility index (Phi) is 8.56. The number of carbonyl (C=O) groups excluding carboxylic acids is 1. The lowest BCUT2D eigenvalue weighted by atomic mass is 9.94. The number of aromatic nitrogens is 1. The van der Waals surface area contributed by atoms with Crippen LogP contribution in [-0.4, -0.2) is 80.9 Å². The second-order valence-electron chi connectivity index (χ2n) is 11.0. The average molecular weight is 570 g/mol. The van der Waals surface area contributed by atoms with Crippen molar-refractivity contribution >= 4 is 42.6 Å². The Hall–Kier alpha value is -2.53. The van der Waals surface area contributed by atoms with Crippen LogP contribution in [0.3, 0.4) is 0 Å². The number of anilines is 1. The zero-order valence-electron chi connectivity index (χ0n) is 23.1. The van der Waals surface area contributed by atoms with E-state index in [4.69, 9.17) is 4.98 Å². The fourth-order valence-electron chi connectivity index (χ4n) is 5.74. The number of benzene rings is 2. The lowest BCUT2D eigenvalue weighted by Gasteiger charge is -2.34. The van der Waals surface area contributed by atoms with Gasteiger partial charge in [-0.05, 0) is 60.6 Å². The van der Waals surface area contributed by atoms with Crippen LogP contribution in [0, 0.1) is 11.8 Å². The van der Waals surface area contributed by atoms with E-state index in [1.165, 1.54) is 10.3 Å². The molecule has 39 heavy (non-hydrogen) atoms. The monoisotopic (exact) mass is 569 g/mol. The smallest absolute Gasteiger partial charge is 0.251 e. The number of carbonyl (C=O) groups is 1. The number of fused-ring (bicyclic) bond motifs is 1. The third kappa shape index (κ3) is 6.29. The Morgan fingerprint density at radius 2 is 1.72 bits per heavy atom. The first-order chi connectivity index (χ1) is 18.7. The minimum absolute atomic E-state index is 0.181. The van der Waals surface area contributed by atoms with Gasteiger partial charge in [-0.2, -0.15) is 4.31 Å². The topological polar surface area (TPSA) is 85.8 Å². The molecule has 3 aromatic rings. The van der Waals surface area contributed by atoms with Crippen molar-refractivity contribution in [1.29, 1.82) is 0 Å². The Balaban J connectivity index is 1.09. The van der Waals surface area contributed by atoms with E-state index in [1.54, 1.807) is 39.9 Å². The highest BCUT2D eigenvalue weighted by Crippen LogP contribution is 2.31. The van der Waals surface area contributed by atoms with Crippen molar-refractivity contribution in [2.45, 2.75) is 38.5 Å². The number of rotatable bonds is 8. The molecule has 1 amide bonds. The first-order valence-electron chi connectivity index (χ1n) is 14.0. The van der Waals surface area contributed by atoms with Crippen molar-refractivity contribution in [2.24, 2.45) is 11.8 Å². The number of piperidine rings is 1. The van der Waals surface area contributed by atoms with E-state index in [2.05, 4.69) is 54.1 Å². The van der Waals surface area contributed by atoms with E-state index in [0.717, 1.165) is 56.2 Å². The number of sulfonamides is 1. The molecule has 2 aliphatic rings. The summed E-state index contributed by atoms with van der Waals surface area (Å²) in [6.07, 6.45) is 2.03. The summed E-state index contributed by atoms with van der Waals surface area (Å²) in [7, 11) is -3.55. The van der Waals surface area contributed by atoms with E-state index < -0.39 is 10.0 Å². The third-order valence-corrected chi connectivity index (χ3v) is 10.7. The molecule has 2 aromatic carbocycles. The highest BCUT2D eigenvalue weighted by atomic mass is 32.2. The van der Waals surface area contributed by atoms with E-state index >= 15 is 0 Å². The third-order valence-electron chi connectivity index (χ3n) is 7.82. The molecule has 2 aliphatic heterocycles. The Bertz CT molecular complexity index is 1390. The quantitative estimate of drug-likeness (QED) is 0.440. The number of hydrogen-bond acceptors (Lipinski definition) is 7. The van der Waals surface area contributed by atoms with E-state index in [-0.39, 0.29) is 10.8 Å². The van der Waals surface area contributed by atoms with Crippen LogP contribution in [0.5, 0.6) is 0 Å². The van der Waals surface area contributed by atoms with Gasteiger partial charge in [0.1, 0.15) is 0 Å². The maximum Gasteiger partial charge on any atom is 0.251 e. The molecular formula is C29H39N5O3S2. The number of thiazole rings is 1. The molecule has 5 rings (SSSR count). The van der Waals surface area contributed by atoms with Crippen LogP contribution >= 0.6 is 11.3 Å². The van der Waals surface area contributed by atoms with Gasteiger partial charge in [0, 0.05) is 57.9 Å². The van der Waals surface area contributed by atoms with Gasteiger partial charge in [0.15, 0.2) is 5.13 Å². The van der Waals surface area contributed by atoms with E-state index in [1.807, 2.05) is 0 Å². The molecule has 2 unspecified atom stereocenters. The predicted octanol–water partition coefficient (Wildman–Crippen LogP) is 4.08. The van der Waals surface area contributed by atoms with E-state index in [0.29, 0.717) is 37.0 Å². The number of aryl methyl sites for hydroxylation is 1. The maximum atomic E-state index is 13.1. The van der Waals surface area contributed by atoms with Crippen molar-refractivity contribution in [3.8, 4) is 0 Å². The summed E-state index contributed by atoms with van der Waals surface area (Å²) in [5.74, 6) is 0.509. The van der Waals surface area contributed by atoms with Gasteiger partial charge in [-0.25, -0.2) is 13.4 Å². The Morgan fingerprint density at radius 3 is 2.38 bits per heavy atom. The summed E-state index contributed by atoms with van der Waals surface area (Å²) in [5, 5.41) is 4.08. The fourth-order valence-corrected chi connectivity index (χ4v) is 8.48. The van der Waals surface area contributed by atoms with Gasteiger partial charge < -0.3 is 10.2 Å². The van der Waals surface area contributed by atoms with Crippen LogP contribution in [-0.2, 0) is 16.4 Å². The zero-order valence-corrected chi connectivity index (χ0v) is 24.7. The molecule has 8 nitrogen and oxygen atoms in total. The molecule has 210 valence electrons. The predicted molar refractivity (Wildman–Crippen MR) is 158 cm³/mol.